The lowest BCUT2D eigenvalue weighted by Crippen LogP contribution is -2.45. The van der Waals surface area contributed by atoms with Crippen molar-refractivity contribution in [2.24, 2.45) is 4.99 Å². The third-order valence-electron chi connectivity index (χ3n) is 3.51. The summed E-state index contributed by atoms with van der Waals surface area (Å²) in [6.45, 7) is 0. The number of nitrogens with zero attached hydrogens (tertiary/aromatic N) is 1. The third kappa shape index (κ3) is 1.79. The fourth-order valence-electron chi connectivity index (χ4n) is 2.44. The normalized spacial score (nSPS) is 33.6. The summed E-state index contributed by atoms with van der Waals surface area (Å²) in [5, 5.41) is 4.94. The fraction of sp³-hybridized carbons (Fsp3) is 0.909. The van der Waals surface area contributed by atoms with Crippen molar-refractivity contribution < 1.29 is 0 Å². The molecule has 0 amide bonds. The van der Waals surface area contributed by atoms with Crippen LogP contribution >= 0.6 is 11.8 Å². The smallest absolute Gasteiger partial charge is 0.157 e. The molecule has 1 saturated heterocycles. The topological polar surface area (TPSA) is 24.4 Å². The van der Waals surface area contributed by atoms with Crippen LogP contribution < -0.4 is 5.32 Å². The Bertz CT molecular complexity index is 252. The predicted octanol–water partition coefficient (Wildman–Crippen LogP) is 2.54. The highest BCUT2D eigenvalue weighted by Crippen LogP contribution is 2.37. The maximum atomic E-state index is 4.71. The molecular weight excluding hydrogens is 192 g/mol. The summed E-state index contributed by atoms with van der Waals surface area (Å²) in [5.41, 5.74) is 0.441. The summed E-state index contributed by atoms with van der Waals surface area (Å²) in [4.78, 5) is 4.71. The highest BCUT2D eigenvalue weighted by atomic mass is 32.2. The molecule has 0 aromatic heterocycles. The second kappa shape index (κ2) is 3.44. The van der Waals surface area contributed by atoms with E-state index < -0.39 is 0 Å². The van der Waals surface area contributed by atoms with Crippen molar-refractivity contribution in [2.75, 3.05) is 5.75 Å². The molecule has 0 unspecified atom stereocenters. The van der Waals surface area contributed by atoms with E-state index in [0.29, 0.717) is 11.6 Å². The SMILES string of the molecule is C1CCC2(CC1)CSC(=NC1CC1)N2. The van der Waals surface area contributed by atoms with Gasteiger partial charge in [-0.25, -0.2) is 0 Å². The minimum atomic E-state index is 0.441. The Balaban J connectivity index is 1.66. The Morgan fingerprint density at radius 2 is 2.00 bits per heavy atom. The lowest BCUT2D eigenvalue weighted by molar-refractivity contribution is 0.303. The van der Waals surface area contributed by atoms with Crippen LogP contribution in [0.15, 0.2) is 4.99 Å². The molecule has 2 saturated carbocycles. The first-order chi connectivity index (χ1) is 6.86. The monoisotopic (exact) mass is 210 g/mol. The summed E-state index contributed by atoms with van der Waals surface area (Å²) in [7, 11) is 0. The summed E-state index contributed by atoms with van der Waals surface area (Å²) < 4.78 is 0. The van der Waals surface area contributed by atoms with E-state index in [2.05, 4.69) is 5.32 Å². The zero-order chi connectivity index (χ0) is 9.43. The Morgan fingerprint density at radius 1 is 1.21 bits per heavy atom. The number of hydrogen-bond donors (Lipinski definition) is 1. The van der Waals surface area contributed by atoms with Gasteiger partial charge >= 0.3 is 0 Å². The zero-order valence-corrected chi connectivity index (χ0v) is 9.41. The Kier molecular flexibility index (Phi) is 2.23. The van der Waals surface area contributed by atoms with Crippen LogP contribution in [0.1, 0.15) is 44.9 Å². The first-order valence-corrected chi connectivity index (χ1v) is 6.84. The van der Waals surface area contributed by atoms with Gasteiger partial charge in [0, 0.05) is 11.3 Å². The second-order valence-corrected chi connectivity index (χ2v) is 5.88. The molecule has 3 fully saturated rings. The van der Waals surface area contributed by atoms with Crippen molar-refractivity contribution in [1.82, 2.24) is 5.32 Å². The summed E-state index contributed by atoms with van der Waals surface area (Å²) >= 11 is 1.95. The molecule has 2 nitrogen and oxygen atoms in total. The molecule has 1 aliphatic heterocycles. The minimum absolute atomic E-state index is 0.441. The van der Waals surface area contributed by atoms with Gasteiger partial charge in [-0.05, 0) is 25.7 Å². The maximum absolute atomic E-state index is 4.71. The Labute approximate surface area is 89.9 Å². The van der Waals surface area contributed by atoms with Gasteiger partial charge in [0.25, 0.3) is 0 Å². The van der Waals surface area contributed by atoms with Crippen LogP contribution in [0, 0.1) is 0 Å². The molecule has 0 radical (unpaired) electrons. The first kappa shape index (κ1) is 9.08. The summed E-state index contributed by atoms with van der Waals surface area (Å²) in [5.74, 6) is 1.26. The van der Waals surface area contributed by atoms with Crippen LogP contribution in [-0.4, -0.2) is 22.5 Å². The number of aliphatic imine (C=N–C) groups is 1. The van der Waals surface area contributed by atoms with Gasteiger partial charge in [-0.2, -0.15) is 0 Å². The molecule has 0 aromatic carbocycles. The van der Waals surface area contributed by atoms with Gasteiger partial charge in [-0.1, -0.05) is 31.0 Å². The van der Waals surface area contributed by atoms with E-state index in [4.69, 9.17) is 4.99 Å². The van der Waals surface area contributed by atoms with Crippen LogP contribution in [0.25, 0.3) is 0 Å². The molecule has 14 heavy (non-hydrogen) atoms. The zero-order valence-electron chi connectivity index (χ0n) is 8.59. The largest absolute Gasteiger partial charge is 0.359 e. The van der Waals surface area contributed by atoms with E-state index in [0.717, 1.165) is 0 Å². The molecule has 2 aliphatic carbocycles. The Morgan fingerprint density at radius 3 is 2.71 bits per heavy atom. The molecule has 3 rings (SSSR count). The maximum Gasteiger partial charge on any atom is 0.157 e. The van der Waals surface area contributed by atoms with Crippen molar-refractivity contribution in [2.45, 2.75) is 56.5 Å². The van der Waals surface area contributed by atoms with Crippen molar-refractivity contribution in [3.8, 4) is 0 Å². The van der Waals surface area contributed by atoms with Crippen LogP contribution in [0.5, 0.6) is 0 Å². The Hall–Kier alpha value is -0.180. The van der Waals surface area contributed by atoms with Gasteiger partial charge in [0.05, 0.1) is 6.04 Å². The molecule has 1 N–H and O–H groups in total. The standard InChI is InChI=1S/C11H18N2S/c1-2-6-11(7-3-1)8-14-10(13-11)12-9-4-5-9/h9H,1-8H2,(H,12,13). The first-order valence-electron chi connectivity index (χ1n) is 5.85. The lowest BCUT2D eigenvalue weighted by atomic mass is 9.83. The molecular formula is C11H18N2S. The summed E-state index contributed by atoms with van der Waals surface area (Å²) in [6.07, 6.45) is 9.61. The quantitative estimate of drug-likeness (QED) is 0.719. The fourth-order valence-corrected chi connectivity index (χ4v) is 3.73. The molecule has 0 bridgehead atoms. The predicted molar refractivity (Wildman–Crippen MR) is 61.9 cm³/mol. The van der Waals surface area contributed by atoms with Crippen LogP contribution in [0.3, 0.4) is 0 Å². The van der Waals surface area contributed by atoms with Gasteiger partial charge in [0.15, 0.2) is 5.17 Å². The van der Waals surface area contributed by atoms with Gasteiger partial charge in [0.2, 0.25) is 0 Å². The van der Waals surface area contributed by atoms with E-state index in [1.165, 1.54) is 55.9 Å². The van der Waals surface area contributed by atoms with Crippen LogP contribution in [-0.2, 0) is 0 Å². The molecule has 78 valence electrons. The van der Waals surface area contributed by atoms with Crippen LogP contribution in [0.4, 0.5) is 0 Å². The molecule has 0 aromatic rings. The average molecular weight is 210 g/mol. The van der Waals surface area contributed by atoms with Gasteiger partial charge in [-0.15, -0.1) is 0 Å². The molecule has 3 aliphatic rings. The third-order valence-corrected chi connectivity index (χ3v) is 4.69. The van der Waals surface area contributed by atoms with E-state index in [1.54, 1.807) is 0 Å². The lowest BCUT2D eigenvalue weighted by Gasteiger charge is -2.32. The van der Waals surface area contributed by atoms with Crippen molar-refractivity contribution >= 4 is 16.9 Å². The highest BCUT2D eigenvalue weighted by Gasteiger charge is 2.38. The minimum Gasteiger partial charge on any atom is -0.359 e. The van der Waals surface area contributed by atoms with Gasteiger partial charge < -0.3 is 5.32 Å². The van der Waals surface area contributed by atoms with E-state index in [-0.39, 0.29) is 0 Å². The van der Waals surface area contributed by atoms with E-state index in [9.17, 15) is 0 Å². The molecule has 1 spiro atoms. The van der Waals surface area contributed by atoms with E-state index >= 15 is 0 Å². The molecule has 1 heterocycles. The van der Waals surface area contributed by atoms with E-state index in [1.807, 2.05) is 11.8 Å². The van der Waals surface area contributed by atoms with Gasteiger partial charge in [-0.3, -0.25) is 4.99 Å². The number of nitrogens with one attached hydrogen (secondary N) is 1. The highest BCUT2D eigenvalue weighted by molar-refractivity contribution is 8.14. The molecule has 3 heteroatoms. The number of thioether (sulfide) groups is 1. The van der Waals surface area contributed by atoms with Crippen LogP contribution in [0.2, 0.25) is 0 Å². The number of rotatable bonds is 1. The summed E-state index contributed by atoms with van der Waals surface area (Å²) in [6, 6.07) is 0.670. The number of hydrogen-bond acceptors (Lipinski definition) is 2. The van der Waals surface area contributed by atoms with Crippen molar-refractivity contribution in [1.29, 1.82) is 0 Å². The number of amidine groups is 1. The van der Waals surface area contributed by atoms with Gasteiger partial charge in [0.1, 0.15) is 0 Å². The van der Waals surface area contributed by atoms with Crippen molar-refractivity contribution in [3.05, 3.63) is 0 Å². The van der Waals surface area contributed by atoms with Crippen molar-refractivity contribution in [3.63, 3.8) is 0 Å². The molecule has 0 atom stereocenters. The average Bonchev–Trinajstić information content (AvgIpc) is 2.93. The second-order valence-electron chi connectivity index (χ2n) is 4.92.